The number of aromatic nitrogens is 4. The van der Waals surface area contributed by atoms with E-state index in [-0.39, 0.29) is 31.1 Å². The molecule has 9 heteroatoms. The Labute approximate surface area is 145 Å². The number of rotatable bonds is 5. The Morgan fingerprint density at radius 1 is 1.36 bits per heavy atom. The molecule has 1 saturated heterocycles. The molecule has 1 atom stereocenters. The number of hydrogen-bond donors (Lipinski definition) is 0. The van der Waals surface area contributed by atoms with Crippen LogP contribution >= 0.6 is 0 Å². The van der Waals surface area contributed by atoms with E-state index in [4.69, 9.17) is 4.74 Å². The summed E-state index contributed by atoms with van der Waals surface area (Å²) >= 11 is 0. The number of carbonyl (C=O) groups excluding carboxylic acids is 2. The Morgan fingerprint density at radius 2 is 2.16 bits per heavy atom. The fourth-order valence-corrected chi connectivity index (χ4v) is 2.84. The van der Waals surface area contributed by atoms with Gasteiger partial charge in [0, 0.05) is 45.8 Å². The van der Waals surface area contributed by atoms with Gasteiger partial charge < -0.3 is 19.1 Å². The van der Waals surface area contributed by atoms with Crippen LogP contribution in [0, 0.1) is 0 Å². The molecule has 1 aliphatic rings. The third-order valence-corrected chi connectivity index (χ3v) is 4.26. The molecular formula is C16H22N6O3. The molecule has 0 radical (unpaired) electrons. The molecule has 0 aromatic carbocycles. The first-order valence-electron chi connectivity index (χ1n) is 8.11. The molecule has 0 saturated carbocycles. The van der Waals surface area contributed by atoms with E-state index in [0.717, 1.165) is 11.5 Å². The Bertz CT molecular complexity index is 768. The normalized spacial score (nSPS) is 16.4. The molecule has 0 bridgehead atoms. The van der Waals surface area contributed by atoms with Crippen LogP contribution in [0.5, 0.6) is 0 Å². The van der Waals surface area contributed by atoms with Crippen molar-refractivity contribution < 1.29 is 14.3 Å². The lowest BCUT2D eigenvalue weighted by Crippen LogP contribution is -2.53. The zero-order chi connectivity index (χ0) is 18.0. The quantitative estimate of drug-likeness (QED) is 0.767. The van der Waals surface area contributed by atoms with Crippen molar-refractivity contribution in [2.75, 3.05) is 31.1 Å². The lowest BCUT2D eigenvalue weighted by molar-refractivity contribution is -0.142. The van der Waals surface area contributed by atoms with E-state index in [1.165, 1.54) is 4.90 Å². The van der Waals surface area contributed by atoms with Gasteiger partial charge in [0.2, 0.25) is 11.8 Å². The number of nitrogens with zero attached hydrogens (tertiary/aromatic N) is 6. The molecule has 2 amide bonds. The third-order valence-electron chi connectivity index (χ3n) is 4.26. The molecule has 1 unspecified atom stereocenters. The topological polar surface area (TPSA) is 85.5 Å². The Hall–Kier alpha value is -2.68. The second-order valence-corrected chi connectivity index (χ2v) is 6.08. The van der Waals surface area contributed by atoms with Crippen molar-refractivity contribution in [3.05, 3.63) is 30.6 Å². The van der Waals surface area contributed by atoms with E-state index in [2.05, 4.69) is 10.1 Å². The summed E-state index contributed by atoms with van der Waals surface area (Å²) in [4.78, 5) is 32.0. The van der Waals surface area contributed by atoms with Crippen LogP contribution in [-0.2, 0) is 28.4 Å². The number of anilines is 1. The summed E-state index contributed by atoms with van der Waals surface area (Å²) in [5.74, 6) is 0.440. The first-order valence-corrected chi connectivity index (χ1v) is 8.11. The molecule has 3 heterocycles. The highest BCUT2D eigenvalue weighted by molar-refractivity contribution is 5.97. The zero-order valence-electron chi connectivity index (χ0n) is 14.6. The van der Waals surface area contributed by atoms with Gasteiger partial charge in [0.05, 0.1) is 11.9 Å². The van der Waals surface area contributed by atoms with Crippen LogP contribution in [0.1, 0.15) is 18.9 Å². The monoisotopic (exact) mass is 346 g/mol. The summed E-state index contributed by atoms with van der Waals surface area (Å²) in [6, 6.07) is 0. The number of hydrogen-bond acceptors (Lipinski definition) is 5. The van der Waals surface area contributed by atoms with Gasteiger partial charge in [-0.2, -0.15) is 5.10 Å². The highest BCUT2D eigenvalue weighted by Gasteiger charge is 2.29. The maximum absolute atomic E-state index is 12.3. The van der Waals surface area contributed by atoms with Gasteiger partial charge in [-0.3, -0.25) is 14.3 Å². The highest BCUT2D eigenvalue weighted by Crippen LogP contribution is 2.17. The predicted molar refractivity (Wildman–Crippen MR) is 89.7 cm³/mol. The Balaban J connectivity index is 1.52. The standard InChI is InChI=1S/C16H22N6O3/c1-12(16-17-4-5-19(16)2)25-11-15(24)21-6-7-22(14(23)10-21)13-8-18-20(3)9-13/h4-5,8-9,12H,6-7,10-11H2,1-3H3. The lowest BCUT2D eigenvalue weighted by Gasteiger charge is -2.33. The van der Waals surface area contributed by atoms with E-state index in [0.29, 0.717) is 13.1 Å². The van der Waals surface area contributed by atoms with Gasteiger partial charge in [-0.25, -0.2) is 4.98 Å². The average Bonchev–Trinajstić information content (AvgIpc) is 3.20. The van der Waals surface area contributed by atoms with Crippen molar-refractivity contribution in [3.8, 4) is 0 Å². The summed E-state index contributed by atoms with van der Waals surface area (Å²) in [6.45, 7) is 2.74. The number of aryl methyl sites for hydroxylation is 2. The molecule has 1 fully saturated rings. The van der Waals surface area contributed by atoms with Gasteiger partial charge in [-0.05, 0) is 6.92 Å². The molecular weight excluding hydrogens is 324 g/mol. The predicted octanol–water partition coefficient (Wildman–Crippen LogP) is 0.107. The van der Waals surface area contributed by atoms with E-state index >= 15 is 0 Å². The summed E-state index contributed by atoms with van der Waals surface area (Å²) in [6.07, 6.45) is 6.65. The number of imidazole rings is 1. The SMILES string of the molecule is CC(OCC(=O)N1CCN(c2cnn(C)c2)C(=O)C1)c1nccn1C. The largest absolute Gasteiger partial charge is 0.361 e. The molecule has 2 aromatic heterocycles. The maximum Gasteiger partial charge on any atom is 0.249 e. The second-order valence-electron chi connectivity index (χ2n) is 6.08. The van der Waals surface area contributed by atoms with Crippen LogP contribution < -0.4 is 4.90 Å². The molecule has 9 nitrogen and oxygen atoms in total. The molecule has 0 aliphatic carbocycles. The minimum atomic E-state index is -0.295. The molecule has 0 N–H and O–H groups in total. The molecule has 134 valence electrons. The van der Waals surface area contributed by atoms with Crippen LogP contribution in [0.2, 0.25) is 0 Å². The molecule has 25 heavy (non-hydrogen) atoms. The van der Waals surface area contributed by atoms with Crippen LogP contribution in [0.4, 0.5) is 5.69 Å². The summed E-state index contributed by atoms with van der Waals surface area (Å²) < 4.78 is 9.12. The third kappa shape index (κ3) is 3.71. The molecule has 0 spiro atoms. The first-order chi connectivity index (χ1) is 12.0. The number of carbonyl (C=O) groups is 2. The number of amides is 2. The van der Waals surface area contributed by atoms with E-state index in [1.807, 2.05) is 24.7 Å². The summed E-state index contributed by atoms with van der Waals surface area (Å²) in [5, 5.41) is 4.08. The van der Waals surface area contributed by atoms with Gasteiger partial charge in [0.1, 0.15) is 25.1 Å². The Kier molecular flexibility index (Phi) is 4.84. The molecule has 3 rings (SSSR count). The van der Waals surface area contributed by atoms with E-state index in [1.54, 1.807) is 35.2 Å². The van der Waals surface area contributed by atoms with E-state index in [9.17, 15) is 9.59 Å². The zero-order valence-corrected chi connectivity index (χ0v) is 14.6. The van der Waals surface area contributed by atoms with Crippen molar-refractivity contribution >= 4 is 17.5 Å². The van der Waals surface area contributed by atoms with Crippen LogP contribution in [0.3, 0.4) is 0 Å². The van der Waals surface area contributed by atoms with Crippen LogP contribution in [0.25, 0.3) is 0 Å². The average molecular weight is 346 g/mol. The number of piperazine rings is 1. The van der Waals surface area contributed by atoms with Gasteiger partial charge in [0.25, 0.3) is 0 Å². The summed E-state index contributed by atoms with van der Waals surface area (Å²) in [7, 11) is 3.67. The van der Waals surface area contributed by atoms with Crippen LogP contribution in [-0.4, -0.2) is 62.3 Å². The second kappa shape index (κ2) is 7.06. The van der Waals surface area contributed by atoms with Crippen molar-refractivity contribution in [1.82, 2.24) is 24.2 Å². The smallest absolute Gasteiger partial charge is 0.249 e. The van der Waals surface area contributed by atoms with Crippen molar-refractivity contribution in [2.45, 2.75) is 13.0 Å². The minimum absolute atomic E-state index is 0.0495. The fourth-order valence-electron chi connectivity index (χ4n) is 2.84. The first kappa shape index (κ1) is 17.2. The maximum atomic E-state index is 12.3. The van der Waals surface area contributed by atoms with Crippen molar-refractivity contribution in [1.29, 1.82) is 0 Å². The van der Waals surface area contributed by atoms with Gasteiger partial charge in [0.15, 0.2) is 0 Å². The lowest BCUT2D eigenvalue weighted by atomic mass is 10.3. The van der Waals surface area contributed by atoms with Gasteiger partial charge in [-0.1, -0.05) is 0 Å². The Morgan fingerprint density at radius 3 is 2.76 bits per heavy atom. The summed E-state index contributed by atoms with van der Waals surface area (Å²) in [5.41, 5.74) is 0.749. The number of ether oxygens (including phenoxy) is 1. The van der Waals surface area contributed by atoms with E-state index < -0.39 is 0 Å². The van der Waals surface area contributed by atoms with Crippen molar-refractivity contribution in [3.63, 3.8) is 0 Å². The minimum Gasteiger partial charge on any atom is -0.361 e. The fraction of sp³-hybridized carbons (Fsp3) is 0.500. The van der Waals surface area contributed by atoms with Crippen LogP contribution in [0.15, 0.2) is 24.8 Å². The molecule has 1 aliphatic heterocycles. The van der Waals surface area contributed by atoms with Crippen molar-refractivity contribution in [2.24, 2.45) is 14.1 Å². The van der Waals surface area contributed by atoms with Gasteiger partial charge >= 0.3 is 0 Å². The molecule has 2 aromatic rings. The van der Waals surface area contributed by atoms with Gasteiger partial charge in [-0.15, -0.1) is 0 Å². The highest BCUT2D eigenvalue weighted by atomic mass is 16.5.